The van der Waals surface area contributed by atoms with Crippen molar-refractivity contribution < 1.29 is 4.42 Å². The highest BCUT2D eigenvalue weighted by Gasteiger charge is 2.21. The molecule has 0 aliphatic heterocycles. The third-order valence-corrected chi connectivity index (χ3v) is 12.4. The molecule has 288 valence electrons. The largest absolute Gasteiger partial charge is 0.456 e. The molecule has 0 spiro atoms. The summed E-state index contributed by atoms with van der Waals surface area (Å²) in [6.07, 6.45) is 0. The number of nitrogens with zero attached hydrogens (tertiary/aromatic N) is 4. The maximum absolute atomic E-state index is 6.93. The Morgan fingerprint density at radius 3 is 1.77 bits per heavy atom. The molecule has 0 amide bonds. The van der Waals surface area contributed by atoms with Crippen molar-refractivity contribution in [2.75, 3.05) is 0 Å². The molecule has 13 rings (SSSR count). The van der Waals surface area contributed by atoms with Crippen molar-refractivity contribution in [1.29, 1.82) is 0 Å². The summed E-state index contributed by atoms with van der Waals surface area (Å²) in [6.45, 7) is 0. The van der Waals surface area contributed by atoms with Crippen molar-refractivity contribution in [2.24, 2.45) is 0 Å². The van der Waals surface area contributed by atoms with Crippen molar-refractivity contribution in [1.82, 2.24) is 19.5 Å². The van der Waals surface area contributed by atoms with Gasteiger partial charge in [-0.15, -0.1) is 0 Å². The molecule has 10 aromatic carbocycles. The average molecular weight is 791 g/mol. The van der Waals surface area contributed by atoms with E-state index in [2.05, 4.69) is 180 Å². The topological polar surface area (TPSA) is 56.7 Å². The van der Waals surface area contributed by atoms with Gasteiger partial charge in [0.15, 0.2) is 17.5 Å². The van der Waals surface area contributed by atoms with Gasteiger partial charge in [-0.2, -0.15) is 0 Å². The van der Waals surface area contributed by atoms with Crippen LogP contribution in [0.5, 0.6) is 0 Å². The number of rotatable bonds is 5. The SMILES string of the molecule is c1ccc(-c2ccc3c(c2)c2c4ccccc4ccc2n3-c2ccc3c(c2)oc2cc(-c4nc(-c5ccccc5)nc(-c5ccc6ccccc6c5)n4)c4ccccc4c23)cc1. The molecule has 0 N–H and O–H groups in total. The van der Waals surface area contributed by atoms with Gasteiger partial charge in [-0.25, -0.2) is 15.0 Å². The molecule has 0 unspecified atom stereocenters. The van der Waals surface area contributed by atoms with Gasteiger partial charge >= 0.3 is 0 Å². The van der Waals surface area contributed by atoms with Crippen LogP contribution < -0.4 is 0 Å². The molecule has 0 saturated carbocycles. The van der Waals surface area contributed by atoms with Crippen LogP contribution in [0, 0.1) is 0 Å². The van der Waals surface area contributed by atoms with Gasteiger partial charge in [0.05, 0.1) is 11.0 Å². The zero-order valence-corrected chi connectivity index (χ0v) is 33.3. The van der Waals surface area contributed by atoms with Crippen LogP contribution in [0.15, 0.2) is 211 Å². The van der Waals surface area contributed by atoms with Crippen molar-refractivity contribution >= 4 is 76.1 Å². The van der Waals surface area contributed by atoms with Gasteiger partial charge in [0.1, 0.15) is 11.2 Å². The van der Waals surface area contributed by atoms with E-state index in [4.69, 9.17) is 19.4 Å². The molecular formula is C57H34N4O. The summed E-state index contributed by atoms with van der Waals surface area (Å²) >= 11 is 0. The van der Waals surface area contributed by atoms with Gasteiger partial charge in [-0.1, -0.05) is 158 Å². The minimum Gasteiger partial charge on any atom is -0.456 e. The zero-order valence-electron chi connectivity index (χ0n) is 33.3. The second kappa shape index (κ2) is 13.6. The maximum atomic E-state index is 6.93. The van der Waals surface area contributed by atoms with Crippen LogP contribution in [0.2, 0.25) is 0 Å². The Morgan fingerprint density at radius 2 is 0.952 bits per heavy atom. The quantitative estimate of drug-likeness (QED) is 0.174. The summed E-state index contributed by atoms with van der Waals surface area (Å²) in [6, 6.07) is 72.8. The van der Waals surface area contributed by atoms with Crippen LogP contribution in [0.4, 0.5) is 0 Å². The summed E-state index contributed by atoms with van der Waals surface area (Å²) in [5, 5.41) is 11.5. The normalized spacial score (nSPS) is 11.9. The number of aromatic nitrogens is 4. The van der Waals surface area contributed by atoms with Gasteiger partial charge < -0.3 is 8.98 Å². The fourth-order valence-electron chi connectivity index (χ4n) is 9.50. The third kappa shape index (κ3) is 5.38. The molecule has 0 atom stereocenters. The monoisotopic (exact) mass is 790 g/mol. The summed E-state index contributed by atoms with van der Waals surface area (Å²) in [5.74, 6) is 1.83. The molecule has 0 radical (unpaired) electrons. The van der Waals surface area contributed by atoms with Crippen LogP contribution in [0.1, 0.15) is 0 Å². The second-order valence-electron chi connectivity index (χ2n) is 16.0. The smallest absolute Gasteiger partial charge is 0.164 e. The van der Waals surface area contributed by atoms with Gasteiger partial charge in [0, 0.05) is 50.0 Å². The van der Waals surface area contributed by atoms with E-state index >= 15 is 0 Å². The molecule has 62 heavy (non-hydrogen) atoms. The highest BCUT2D eigenvalue weighted by atomic mass is 16.3. The van der Waals surface area contributed by atoms with Crippen LogP contribution >= 0.6 is 0 Å². The molecule has 0 saturated heterocycles. The minimum atomic E-state index is 0.591. The number of fused-ring (bicyclic) bond motifs is 11. The van der Waals surface area contributed by atoms with E-state index < -0.39 is 0 Å². The third-order valence-electron chi connectivity index (χ3n) is 12.4. The van der Waals surface area contributed by atoms with Gasteiger partial charge in [0.25, 0.3) is 0 Å². The highest BCUT2D eigenvalue weighted by Crippen LogP contribution is 2.43. The number of hydrogen-bond acceptors (Lipinski definition) is 4. The minimum absolute atomic E-state index is 0.591. The molecule has 13 aromatic rings. The number of hydrogen-bond donors (Lipinski definition) is 0. The van der Waals surface area contributed by atoms with Gasteiger partial charge in [-0.3, -0.25) is 0 Å². The van der Waals surface area contributed by atoms with E-state index in [9.17, 15) is 0 Å². The highest BCUT2D eigenvalue weighted by molar-refractivity contribution is 6.23. The molecular weight excluding hydrogens is 757 g/mol. The van der Waals surface area contributed by atoms with E-state index in [1.165, 1.54) is 38.1 Å². The van der Waals surface area contributed by atoms with Crippen LogP contribution in [-0.2, 0) is 0 Å². The lowest BCUT2D eigenvalue weighted by Crippen LogP contribution is -2.00. The lowest BCUT2D eigenvalue weighted by Gasteiger charge is -2.11. The fourth-order valence-corrected chi connectivity index (χ4v) is 9.50. The zero-order chi connectivity index (χ0) is 40.7. The fraction of sp³-hybridized carbons (Fsp3) is 0. The van der Waals surface area contributed by atoms with Crippen molar-refractivity contribution in [3.63, 3.8) is 0 Å². The first-order chi connectivity index (χ1) is 30.7. The van der Waals surface area contributed by atoms with E-state index in [1.54, 1.807) is 0 Å². The van der Waals surface area contributed by atoms with Crippen LogP contribution in [0.25, 0.3) is 127 Å². The summed E-state index contributed by atoms with van der Waals surface area (Å²) in [5.41, 5.74) is 10.1. The summed E-state index contributed by atoms with van der Waals surface area (Å²) in [4.78, 5) is 15.4. The second-order valence-corrected chi connectivity index (χ2v) is 16.0. The number of benzene rings is 10. The lowest BCUT2D eigenvalue weighted by atomic mass is 9.98. The van der Waals surface area contributed by atoms with E-state index in [-0.39, 0.29) is 0 Å². The Kier molecular flexibility index (Phi) is 7.54. The first kappa shape index (κ1) is 34.5. The Morgan fingerprint density at radius 1 is 0.323 bits per heavy atom. The predicted molar refractivity (Wildman–Crippen MR) is 256 cm³/mol. The van der Waals surface area contributed by atoms with E-state index in [0.717, 1.165) is 71.5 Å². The standard InChI is InChI=1S/C57H34N4O/c1-3-13-35(14-4-1)40-26-29-49-48(32-40)53-43-20-10-9-16-37(43)25-30-50(53)61(49)42-27-28-46-51(33-42)62-52-34-47(44-21-11-12-22-45(44)54(46)52)57-59-55(38-17-5-2-6-18-38)58-56(60-57)41-24-23-36-15-7-8-19-39(36)31-41/h1-34H. The average Bonchev–Trinajstić information content (AvgIpc) is 3.89. The molecule has 0 fully saturated rings. The Hall–Kier alpha value is -8.41. The van der Waals surface area contributed by atoms with E-state index in [0.29, 0.717) is 17.5 Å². The Bertz CT molecular complexity index is 3920. The molecule has 5 heteroatoms. The van der Waals surface area contributed by atoms with Gasteiger partial charge in [0.2, 0.25) is 0 Å². The Balaban J connectivity index is 1.02. The van der Waals surface area contributed by atoms with Crippen molar-refractivity contribution in [3.8, 4) is 51.0 Å². The molecule has 3 heterocycles. The molecule has 3 aromatic heterocycles. The molecule has 0 aliphatic rings. The molecule has 0 bridgehead atoms. The predicted octanol–water partition coefficient (Wildman–Crippen LogP) is 15.0. The first-order valence-corrected chi connectivity index (χ1v) is 20.9. The Labute approximate surface area is 355 Å². The lowest BCUT2D eigenvalue weighted by molar-refractivity contribution is 0.669. The van der Waals surface area contributed by atoms with Crippen LogP contribution in [-0.4, -0.2) is 19.5 Å². The van der Waals surface area contributed by atoms with Crippen LogP contribution in [0.3, 0.4) is 0 Å². The van der Waals surface area contributed by atoms with Crippen molar-refractivity contribution in [3.05, 3.63) is 206 Å². The van der Waals surface area contributed by atoms with Gasteiger partial charge in [-0.05, 0) is 85.9 Å². The van der Waals surface area contributed by atoms with E-state index in [1.807, 2.05) is 30.3 Å². The molecule has 0 aliphatic carbocycles. The first-order valence-electron chi connectivity index (χ1n) is 20.9. The number of furan rings is 1. The van der Waals surface area contributed by atoms with Crippen molar-refractivity contribution in [2.45, 2.75) is 0 Å². The summed E-state index contributed by atoms with van der Waals surface area (Å²) < 4.78 is 9.31. The maximum Gasteiger partial charge on any atom is 0.164 e. The summed E-state index contributed by atoms with van der Waals surface area (Å²) in [7, 11) is 0. The molecule has 5 nitrogen and oxygen atoms in total.